The predicted octanol–water partition coefficient (Wildman–Crippen LogP) is 2.79. The molecule has 2 aromatic heterocycles. The van der Waals surface area contributed by atoms with Crippen LogP contribution in [0.25, 0.3) is 10.8 Å². The van der Waals surface area contributed by atoms with Gasteiger partial charge in [0, 0.05) is 32.0 Å². The SMILES string of the molecule is OCCN(Cc1ccccn1)Cc1ccccn1.[Co+3].[N-]=C=S.[N-]=C=S. The molecule has 0 aliphatic heterocycles. The third-order valence-corrected chi connectivity index (χ3v) is 2.64. The van der Waals surface area contributed by atoms with Crippen molar-refractivity contribution in [2.45, 2.75) is 13.1 Å². The smallest absolute Gasteiger partial charge is 0.753 e. The average molecular weight is 418 g/mol. The second-order valence-electron chi connectivity index (χ2n) is 4.26. The van der Waals surface area contributed by atoms with E-state index >= 15 is 0 Å². The molecule has 0 saturated carbocycles. The van der Waals surface area contributed by atoms with Gasteiger partial charge in [-0.2, -0.15) is 10.3 Å². The molecule has 2 aromatic rings. The molecule has 0 unspecified atom stereocenters. The molecular formula is C16H17CoN5OS2+. The summed E-state index contributed by atoms with van der Waals surface area (Å²) in [5.74, 6) is 0. The fourth-order valence-electron chi connectivity index (χ4n) is 1.80. The second kappa shape index (κ2) is 18.7. The van der Waals surface area contributed by atoms with Gasteiger partial charge >= 0.3 is 16.8 Å². The fraction of sp³-hybridized carbons (Fsp3) is 0.250. The molecule has 0 radical (unpaired) electrons. The number of aliphatic hydroxyl groups is 1. The first-order valence-corrected chi connectivity index (χ1v) is 7.68. The molecule has 1 N–H and O–H groups in total. The minimum absolute atomic E-state index is 0. The summed E-state index contributed by atoms with van der Waals surface area (Å²) in [5, 5.41) is 26.0. The van der Waals surface area contributed by atoms with Crippen molar-refractivity contribution in [1.29, 1.82) is 0 Å². The van der Waals surface area contributed by atoms with Crippen LogP contribution in [0, 0.1) is 0 Å². The van der Waals surface area contributed by atoms with Crippen LogP contribution in [-0.4, -0.2) is 43.4 Å². The molecule has 25 heavy (non-hydrogen) atoms. The first-order valence-electron chi connectivity index (χ1n) is 6.87. The fourth-order valence-corrected chi connectivity index (χ4v) is 1.80. The van der Waals surface area contributed by atoms with Gasteiger partial charge in [-0.3, -0.25) is 14.9 Å². The van der Waals surface area contributed by atoms with Gasteiger partial charge in [-0.05, 0) is 24.3 Å². The van der Waals surface area contributed by atoms with Crippen LogP contribution in [0.1, 0.15) is 11.4 Å². The maximum absolute atomic E-state index is 9.11. The zero-order chi connectivity index (χ0) is 18.0. The summed E-state index contributed by atoms with van der Waals surface area (Å²) in [6.45, 7) is 2.20. The van der Waals surface area contributed by atoms with Gasteiger partial charge < -0.3 is 15.9 Å². The van der Waals surface area contributed by atoms with Crippen molar-refractivity contribution >= 4 is 34.8 Å². The number of rotatable bonds is 6. The first kappa shape index (κ1) is 25.6. The van der Waals surface area contributed by atoms with Crippen molar-refractivity contribution in [3.05, 3.63) is 71.0 Å². The van der Waals surface area contributed by atoms with Gasteiger partial charge in [-0.25, -0.2) is 0 Å². The Labute approximate surface area is 168 Å². The van der Waals surface area contributed by atoms with Crippen molar-refractivity contribution in [2.24, 2.45) is 0 Å². The minimum Gasteiger partial charge on any atom is -0.753 e. The van der Waals surface area contributed by atoms with E-state index in [1.807, 2.05) is 36.4 Å². The predicted molar refractivity (Wildman–Crippen MR) is 102 cm³/mol. The average Bonchev–Trinajstić information content (AvgIpc) is 2.58. The number of hydrogen-bond donors (Lipinski definition) is 1. The molecule has 0 aliphatic rings. The molecule has 0 spiro atoms. The van der Waals surface area contributed by atoms with Crippen molar-refractivity contribution in [1.82, 2.24) is 14.9 Å². The van der Waals surface area contributed by atoms with Gasteiger partial charge in [0.25, 0.3) is 0 Å². The van der Waals surface area contributed by atoms with Gasteiger partial charge in [0.05, 0.1) is 18.0 Å². The molecule has 9 heteroatoms. The molecule has 2 rings (SSSR count). The molecule has 0 atom stereocenters. The van der Waals surface area contributed by atoms with Crippen LogP contribution in [0.5, 0.6) is 0 Å². The van der Waals surface area contributed by atoms with Gasteiger partial charge in [-0.1, -0.05) is 36.6 Å². The van der Waals surface area contributed by atoms with Crippen molar-refractivity contribution in [3.63, 3.8) is 0 Å². The Hall–Kier alpha value is -1.67. The molecule has 0 saturated heterocycles. The van der Waals surface area contributed by atoms with Crippen LogP contribution in [0.2, 0.25) is 0 Å². The van der Waals surface area contributed by atoms with Crippen LogP contribution in [0.3, 0.4) is 0 Å². The zero-order valence-electron chi connectivity index (χ0n) is 13.3. The summed E-state index contributed by atoms with van der Waals surface area (Å²) in [4.78, 5) is 10.7. The number of nitrogens with zero attached hydrogens (tertiary/aromatic N) is 5. The summed E-state index contributed by atoms with van der Waals surface area (Å²) in [6, 6.07) is 11.7. The molecule has 132 valence electrons. The number of isothiocyanates is 2. The Morgan fingerprint density at radius 3 is 1.60 bits per heavy atom. The number of thiocarbonyl (C=S) groups is 2. The summed E-state index contributed by atoms with van der Waals surface area (Å²) in [5.41, 5.74) is 2.00. The third-order valence-electron chi connectivity index (χ3n) is 2.64. The minimum atomic E-state index is 0. The van der Waals surface area contributed by atoms with E-state index in [2.05, 4.69) is 39.3 Å². The third kappa shape index (κ3) is 14.4. The Balaban J connectivity index is 0. The van der Waals surface area contributed by atoms with Crippen LogP contribution < -0.4 is 0 Å². The molecule has 0 fully saturated rings. The second-order valence-corrected chi connectivity index (χ2v) is 4.62. The number of aliphatic hydroxyl groups excluding tert-OH is 1. The molecule has 0 aromatic carbocycles. The molecule has 0 bridgehead atoms. The van der Waals surface area contributed by atoms with E-state index in [1.165, 1.54) is 10.3 Å². The van der Waals surface area contributed by atoms with Crippen molar-refractivity contribution in [2.75, 3.05) is 13.2 Å². The van der Waals surface area contributed by atoms with Gasteiger partial charge in [0.1, 0.15) is 0 Å². The van der Waals surface area contributed by atoms with Crippen LogP contribution in [0.15, 0.2) is 48.8 Å². The Morgan fingerprint density at radius 2 is 1.32 bits per heavy atom. The number of hydrogen-bond acceptors (Lipinski definition) is 6. The van der Waals surface area contributed by atoms with Crippen LogP contribution >= 0.6 is 24.4 Å². The van der Waals surface area contributed by atoms with Gasteiger partial charge in [0.15, 0.2) is 0 Å². The van der Waals surface area contributed by atoms with Gasteiger partial charge in [-0.15, -0.1) is 0 Å². The first-order chi connectivity index (χ1) is 11.7. The Kier molecular flexibility index (Phi) is 19.1. The van der Waals surface area contributed by atoms with E-state index in [9.17, 15) is 0 Å². The maximum Gasteiger partial charge on any atom is 3.00 e. The Bertz CT molecular complexity index is 565. The van der Waals surface area contributed by atoms with Crippen LogP contribution in [0.4, 0.5) is 0 Å². The normalized spacial score (nSPS) is 8.40. The van der Waals surface area contributed by atoms with E-state index in [-0.39, 0.29) is 23.4 Å². The maximum atomic E-state index is 9.11. The molecule has 0 aliphatic carbocycles. The van der Waals surface area contributed by atoms with Crippen molar-refractivity contribution in [3.8, 4) is 0 Å². The monoisotopic (exact) mass is 418 g/mol. The summed E-state index contributed by atoms with van der Waals surface area (Å²) in [6.07, 6.45) is 3.57. The number of pyridine rings is 2. The van der Waals surface area contributed by atoms with E-state index in [0.717, 1.165) is 24.5 Å². The molecular weight excluding hydrogens is 401 g/mol. The molecule has 0 amide bonds. The van der Waals surface area contributed by atoms with Crippen LogP contribution in [-0.2, 0) is 29.9 Å². The van der Waals surface area contributed by atoms with E-state index in [1.54, 1.807) is 12.4 Å². The largest absolute Gasteiger partial charge is 3.00 e. The number of aromatic nitrogens is 2. The molecule has 2 heterocycles. The summed E-state index contributed by atoms with van der Waals surface area (Å²) in [7, 11) is 0. The summed E-state index contributed by atoms with van der Waals surface area (Å²) >= 11 is 7.40. The van der Waals surface area contributed by atoms with E-state index < -0.39 is 0 Å². The van der Waals surface area contributed by atoms with E-state index in [0.29, 0.717) is 6.54 Å². The zero-order valence-corrected chi connectivity index (χ0v) is 16.0. The van der Waals surface area contributed by atoms with E-state index in [4.69, 9.17) is 15.9 Å². The summed E-state index contributed by atoms with van der Waals surface area (Å²) < 4.78 is 0. The standard InChI is InChI=1S/C14H17N3O.2CNS.Co/c18-10-9-17(11-13-5-1-3-7-15-13)12-14-6-2-4-8-16-14;2*2-1-3;/h1-8,18H,9-12H2;;;/q;2*-1;+3. The topological polar surface area (TPSA) is 93.8 Å². The quantitative estimate of drug-likeness (QED) is 0.573. The van der Waals surface area contributed by atoms with Gasteiger partial charge in [0.2, 0.25) is 0 Å². The van der Waals surface area contributed by atoms with Crippen molar-refractivity contribution < 1.29 is 21.9 Å². The Morgan fingerprint density at radius 1 is 0.920 bits per heavy atom. The molecule has 6 nitrogen and oxygen atoms in total.